The molecule has 0 spiro atoms. The van der Waals surface area contributed by atoms with Crippen LogP contribution in [-0.2, 0) is 4.74 Å². The number of esters is 1. The maximum atomic E-state index is 12.7. The van der Waals surface area contributed by atoms with Gasteiger partial charge >= 0.3 is 12.1 Å². The average molecular weight is 231 g/mol. The predicted molar refractivity (Wildman–Crippen MR) is 49.9 cm³/mol. The van der Waals surface area contributed by atoms with Crippen LogP contribution in [0.1, 0.15) is 17.3 Å². The minimum Gasteiger partial charge on any atom is -0.426 e. The van der Waals surface area contributed by atoms with Crippen molar-refractivity contribution in [2.75, 3.05) is 5.32 Å². The minimum absolute atomic E-state index is 0.101. The molecular weight excluding hydrogens is 223 g/mol. The molecule has 2 rings (SSSR count). The zero-order chi connectivity index (χ0) is 12.0. The monoisotopic (exact) mass is 231 g/mol. The molecule has 1 unspecified atom stereocenters. The van der Waals surface area contributed by atoms with Crippen LogP contribution in [0.4, 0.5) is 18.9 Å². The van der Waals surface area contributed by atoms with Crippen molar-refractivity contribution >= 4 is 11.7 Å². The average Bonchev–Trinajstić information content (AvgIpc) is 2.15. The lowest BCUT2D eigenvalue weighted by atomic mass is 10.1. The Labute approximate surface area is 89.2 Å². The molecule has 1 aliphatic rings. The summed E-state index contributed by atoms with van der Waals surface area (Å²) >= 11 is 0. The van der Waals surface area contributed by atoms with Crippen molar-refractivity contribution in [3.63, 3.8) is 0 Å². The quantitative estimate of drug-likeness (QED) is 0.697. The second kappa shape index (κ2) is 3.13. The maximum absolute atomic E-state index is 12.7. The van der Waals surface area contributed by atoms with Gasteiger partial charge in [-0.3, -0.25) is 0 Å². The van der Waals surface area contributed by atoms with Gasteiger partial charge in [-0.25, -0.2) is 4.79 Å². The van der Waals surface area contributed by atoms with Gasteiger partial charge in [-0.2, -0.15) is 13.2 Å². The first-order valence-corrected chi connectivity index (χ1v) is 4.51. The Bertz CT molecular complexity index is 444. The van der Waals surface area contributed by atoms with Crippen molar-refractivity contribution in [1.82, 2.24) is 0 Å². The van der Waals surface area contributed by atoms with Gasteiger partial charge in [0, 0.05) is 6.92 Å². The smallest absolute Gasteiger partial charge is 0.426 e. The fraction of sp³-hybridized carbons (Fsp3) is 0.300. The molecule has 6 heteroatoms. The minimum atomic E-state index is -4.67. The van der Waals surface area contributed by atoms with E-state index >= 15 is 0 Å². The highest BCUT2D eigenvalue weighted by Crippen LogP contribution is 2.39. The second-order valence-electron chi connectivity index (χ2n) is 3.59. The third-order valence-electron chi connectivity index (χ3n) is 2.36. The molecule has 0 aliphatic carbocycles. The molecule has 1 aliphatic heterocycles. The third-order valence-corrected chi connectivity index (χ3v) is 2.36. The SMILES string of the molecule is CC1(C(F)(F)F)Nc2ccccc2C(=O)O1. The molecule has 0 radical (unpaired) electrons. The van der Waals surface area contributed by atoms with Gasteiger partial charge in [-0.1, -0.05) is 12.1 Å². The van der Waals surface area contributed by atoms with Crippen LogP contribution < -0.4 is 5.32 Å². The van der Waals surface area contributed by atoms with Crippen LogP contribution in [0.5, 0.6) is 0 Å². The van der Waals surface area contributed by atoms with Crippen molar-refractivity contribution in [2.45, 2.75) is 18.8 Å². The van der Waals surface area contributed by atoms with Gasteiger partial charge in [0.1, 0.15) is 0 Å². The van der Waals surface area contributed by atoms with Crippen LogP contribution in [0.15, 0.2) is 24.3 Å². The number of carbonyl (C=O) groups is 1. The Balaban J connectivity index is 2.46. The van der Waals surface area contributed by atoms with Crippen molar-refractivity contribution in [2.24, 2.45) is 0 Å². The molecule has 1 heterocycles. The first-order chi connectivity index (χ1) is 7.33. The summed E-state index contributed by atoms with van der Waals surface area (Å²) in [5.41, 5.74) is -2.44. The molecule has 86 valence electrons. The number of para-hydroxylation sites is 1. The number of hydrogen-bond acceptors (Lipinski definition) is 3. The van der Waals surface area contributed by atoms with E-state index < -0.39 is 17.9 Å². The second-order valence-corrected chi connectivity index (χ2v) is 3.59. The zero-order valence-electron chi connectivity index (χ0n) is 8.26. The summed E-state index contributed by atoms with van der Waals surface area (Å²) in [6, 6.07) is 5.90. The third kappa shape index (κ3) is 1.50. The van der Waals surface area contributed by atoms with Crippen LogP contribution in [0.25, 0.3) is 0 Å². The first-order valence-electron chi connectivity index (χ1n) is 4.51. The van der Waals surface area contributed by atoms with Crippen LogP contribution in [-0.4, -0.2) is 17.9 Å². The van der Waals surface area contributed by atoms with Crippen LogP contribution in [0.2, 0.25) is 0 Å². The number of fused-ring (bicyclic) bond motifs is 1. The summed E-state index contributed by atoms with van der Waals surface area (Å²) in [4.78, 5) is 11.4. The molecule has 1 atom stereocenters. The number of cyclic esters (lactones) is 1. The molecule has 0 aromatic heterocycles. The van der Waals surface area contributed by atoms with Gasteiger partial charge in [0.15, 0.2) is 0 Å². The molecule has 0 saturated carbocycles. The fourth-order valence-corrected chi connectivity index (χ4v) is 1.42. The summed E-state index contributed by atoms with van der Waals surface area (Å²) < 4.78 is 42.3. The van der Waals surface area contributed by atoms with Gasteiger partial charge in [-0.05, 0) is 12.1 Å². The summed E-state index contributed by atoms with van der Waals surface area (Å²) in [7, 11) is 0. The lowest BCUT2D eigenvalue weighted by Gasteiger charge is -2.36. The van der Waals surface area contributed by atoms with Crippen molar-refractivity contribution in [3.8, 4) is 0 Å². The Morgan fingerprint density at radius 3 is 2.56 bits per heavy atom. The van der Waals surface area contributed by atoms with Gasteiger partial charge in [0.2, 0.25) is 0 Å². The summed E-state index contributed by atoms with van der Waals surface area (Å²) in [5, 5.41) is 2.18. The van der Waals surface area contributed by atoms with Crippen molar-refractivity contribution in [1.29, 1.82) is 0 Å². The Morgan fingerprint density at radius 2 is 1.94 bits per heavy atom. The van der Waals surface area contributed by atoms with E-state index in [1.807, 2.05) is 0 Å². The Morgan fingerprint density at radius 1 is 1.31 bits per heavy atom. The maximum Gasteiger partial charge on any atom is 0.448 e. The summed E-state index contributed by atoms with van der Waals surface area (Å²) in [6.45, 7) is 0.779. The molecular formula is C10H8F3NO2. The Hall–Kier alpha value is -1.72. The topological polar surface area (TPSA) is 38.3 Å². The van der Waals surface area contributed by atoms with Crippen molar-refractivity contribution in [3.05, 3.63) is 29.8 Å². The van der Waals surface area contributed by atoms with Gasteiger partial charge < -0.3 is 10.1 Å². The van der Waals surface area contributed by atoms with Gasteiger partial charge in [0.05, 0.1) is 11.3 Å². The lowest BCUT2D eigenvalue weighted by molar-refractivity contribution is -0.241. The van der Waals surface area contributed by atoms with Crippen LogP contribution in [0, 0.1) is 0 Å². The van der Waals surface area contributed by atoms with E-state index in [4.69, 9.17) is 0 Å². The standard InChI is InChI=1S/C10H8F3NO2/c1-9(10(11,12)13)14-7-5-3-2-4-6(7)8(15)16-9/h2-5,14H,1H3. The molecule has 0 fully saturated rings. The number of ether oxygens (including phenoxy) is 1. The Kier molecular flexibility index (Phi) is 2.11. The van der Waals surface area contributed by atoms with E-state index in [-0.39, 0.29) is 11.3 Å². The largest absolute Gasteiger partial charge is 0.448 e. The first kappa shape index (κ1) is 10.8. The highest BCUT2D eigenvalue weighted by atomic mass is 19.4. The predicted octanol–water partition coefficient (Wildman–Crippen LogP) is 2.55. The van der Waals surface area contributed by atoms with Gasteiger partial charge in [0.25, 0.3) is 5.72 Å². The van der Waals surface area contributed by atoms with E-state index in [2.05, 4.69) is 10.1 Å². The molecule has 0 saturated heterocycles. The number of hydrogen-bond donors (Lipinski definition) is 1. The number of benzene rings is 1. The number of carbonyl (C=O) groups excluding carboxylic acids is 1. The molecule has 1 aromatic rings. The zero-order valence-corrected chi connectivity index (χ0v) is 8.26. The highest BCUT2D eigenvalue weighted by Gasteiger charge is 2.57. The van der Waals surface area contributed by atoms with E-state index in [0.717, 1.165) is 6.92 Å². The highest BCUT2D eigenvalue weighted by molar-refractivity contribution is 5.97. The van der Waals surface area contributed by atoms with Crippen LogP contribution >= 0.6 is 0 Å². The van der Waals surface area contributed by atoms with Crippen molar-refractivity contribution < 1.29 is 22.7 Å². The number of anilines is 1. The number of nitrogens with one attached hydrogen (secondary N) is 1. The molecule has 3 nitrogen and oxygen atoms in total. The fourth-order valence-electron chi connectivity index (χ4n) is 1.42. The molecule has 16 heavy (non-hydrogen) atoms. The van der Waals surface area contributed by atoms with Gasteiger partial charge in [-0.15, -0.1) is 0 Å². The molecule has 1 N–H and O–H groups in total. The van der Waals surface area contributed by atoms with Crippen LogP contribution in [0.3, 0.4) is 0 Å². The number of alkyl halides is 3. The summed E-state index contributed by atoms with van der Waals surface area (Å²) in [6.07, 6.45) is -4.67. The van der Waals surface area contributed by atoms with E-state index in [1.54, 1.807) is 12.1 Å². The lowest BCUT2D eigenvalue weighted by Crippen LogP contribution is -2.55. The van der Waals surface area contributed by atoms with E-state index in [1.165, 1.54) is 12.1 Å². The van der Waals surface area contributed by atoms with E-state index in [9.17, 15) is 18.0 Å². The number of rotatable bonds is 0. The molecule has 0 bridgehead atoms. The normalized spacial score (nSPS) is 24.4. The molecule has 0 amide bonds. The molecule has 1 aromatic carbocycles. The number of halogens is 3. The summed E-state index contributed by atoms with van der Waals surface area (Å²) in [5.74, 6) is -0.978. The van der Waals surface area contributed by atoms with E-state index in [0.29, 0.717) is 0 Å².